The van der Waals surface area contributed by atoms with Gasteiger partial charge in [-0.05, 0) is 37.6 Å². The highest BCUT2D eigenvalue weighted by atomic mass is 79.9. The van der Waals surface area contributed by atoms with E-state index in [0.717, 1.165) is 29.7 Å². The van der Waals surface area contributed by atoms with Gasteiger partial charge in [0.05, 0.1) is 4.92 Å². The molecule has 0 N–H and O–H groups in total. The molecule has 0 aliphatic carbocycles. The van der Waals surface area contributed by atoms with Crippen molar-refractivity contribution in [2.75, 3.05) is 13.1 Å². The molecule has 18 heavy (non-hydrogen) atoms. The van der Waals surface area contributed by atoms with Crippen molar-refractivity contribution in [3.8, 4) is 0 Å². The highest BCUT2D eigenvalue weighted by Crippen LogP contribution is 2.24. The second-order valence-corrected chi connectivity index (χ2v) is 5.58. The van der Waals surface area contributed by atoms with Gasteiger partial charge in [-0.2, -0.15) is 0 Å². The third-order valence-electron chi connectivity index (χ3n) is 3.33. The lowest BCUT2D eigenvalue weighted by Crippen LogP contribution is -2.24. The Kier molecular flexibility index (Phi) is 4.72. The van der Waals surface area contributed by atoms with E-state index in [4.69, 9.17) is 0 Å². The maximum Gasteiger partial charge on any atom is 0.269 e. The van der Waals surface area contributed by atoms with Crippen LogP contribution in [0.4, 0.5) is 5.69 Å². The summed E-state index contributed by atoms with van der Waals surface area (Å²) in [5.74, 6) is 0. The fraction of sp³-hybridized carbons (Fsp3) is 0.538. The van der Waals surface area contributed by atoms with E-state index in [1.54, 1.807) is 12.1 Å². The molecule has 1 aliphatic heterocycles. The van der Waals surface area contributed by atoms with Gasteiger partial charge in [-0.15, -0.1) is 0 Å². The molecule has 0 amide bonds. The van der Waals surface area contributed by atoms with Crippen LogP contribution in [-0.4, -0.2) is 22.9 Å². The summed E-state index contributed by atoms with van der Waals surface area (Å²) in [6.45, 7) is 2.98. The number of nitro benzene ring substituents is 1. The fourth-order valence-electron chi connectivity index (χ4n) is 2.33. The molecule has 0 unspecified atom stereocenters. The minimum Gasteiger partial charge on any atom is -0.299 e. The molecule has 1 aromatic rings. The molecule has 2 rings (SSSR count). The monoisotopic (exact) mass is 312 g/mol. The second-order valence-electron chi connectivity index (χ2n) is 4.72. The second kappa shape index (κ2) is 6.29. The average molecular weight is 313 g/mol. The minimum absolute atomic E-state index is 0.169. The Balaban J connectivity index is 2.11. The predicted molar refractivity (Wildman–Crippen MR) is 74.5 cm³/mol. The van der Waals surface area contributed by atoms with Gasteiger partial charge >= 0.3 is 0 Å². The van der Waals surface area contributed by atoms with E-state index in [1.807, 2.05) is 0 Å². The number of hydrogen-bond donors (Lipinski definition) is 0. The van der Waals surface area contributed by atoms with Crippen LogP contribution in [0.2, 0.25) is 0 Å². The van der Waals surface area contributed by atoms with Crippen LogP contribution in [0.25, 0.3) is 0 Å². The van der Waals surface area contributed by atoms with Crippen molar-refractivity contribution in [3.63, 3.8) is 0 Å². The number of benzene rings is 1. The zero-order chi connectivity index (χ0) is 13.0. The van der Waals surface area contributed by atoms with Crippen molar-refractivity contribution in [2.24, 2.45) is 0 Å². The number of rotatable bonds is 3. The lowest BCUT2D eigenvalue weighted by Gasteiger charge is -2.20. The van der Waals surface area contributed by atoms with Gasteiger partial charge in [0.1, 0.15) is 0 Å². The zero-order valence-corrected chi connectivity index (χ0v) is 11.9. The number of likely N-dealkylation sites (tertiary alicyclic amines) is 1. The quantitative estimate of drug-likeness (QED) is 0.631. The Hall–Kier alpha value is -0.940. The summed E-state index contributed by atoms with van der Waals surface area (Å²) in [4.78, 5) is 12.8. The Morgan fingerprint density at radius 2 is 1.89 bits per heavy atom. The highest BCUT2D eigenvalue weighted by Gasteiger charge is 2.14. The maximum absolute atomic E-state index is 10.8. The molecule has 1 fully saturated rings. The average Bonchev–Trinajstić information content (AvgIpc) is 2.60. The summed E-state index contributed by atoms with van der Waals surface area (Å²) >= 11 is 3.48. The van der Waals surface area contributed by atoms with Crippen molar-refractivity contribution >= 4 is 21.6 Å². The van der Waals surface area contributed by atoms with Crippen molar-refractivity contribution in [3.05, 3.63) is 38.3 Å². The summed E-state index contributed by atoms with van der Waals surface area (Å²) in [7, 11) is 0. The topological polar surface area (TPSA) is 46.4 Å². The summed E-state index contributed by atoms with van der Waals surface area (Å²) in [6, 6.07) is 4.98. The molecule has 4 nitrogen and oxygen atoms in total. The van der Waals surface area contributed by atoms with Crippen LogP contribution in [0.1, 0.15) is 31.2 Å². The SMILES string of the molecule is O=[N+]([O-])c1ccc(Br)c(CN2CCCCCC2)c1. The lowest BCUT2D eigenvalue weighted by atomic mass is 10.2. The predicted octanol–water partition coefficient (Wildman–Crippen LogP) is 3.73. The number of nitrogens with zero attached hydrogens (tertiary/aromatic N) is 2. The molecule has 0 aromatic heterocycles. The lowest BCUT2D eigenvalue weighted by molar-refractivity contribution is -0.384. The van der Waals surface area contributed by atoms with Gasteiger partial charge in [0.2, 0.25) is 0 Å². The first-order valence-corrected chi connectivity index (χ1v) is 7.11. The Morgan fingerprint density at radius 1 is 1.22 bits per heavy atom. The van der Waals surface area contributed by atoms with Gasteiger partial charge in [0.15, 0.2) is 0 Å². The summed E-state index contributed by atoms with van der Waals surface area (Å²) in [6.07, 6.45) is 5.05. The maximum atomic E-state index is 10.8. The smallest absolute Gasteiger partial charge is 0.269 e. The highest BCUT2D eigenvalue weighted by molar-refractivity contribution is 9.10. The van der Waals surface area contributed by atoms with Gasteiger partial charge in [-0.25, -0.2) is 0 Å². The number of halogens is 1. The van der Waals surface area contributed by atoms with E-state index >= 15 is 0 Å². The molecule has 0 radical (unpaired) electrons. The normalized spacial score (nSPS) is 17.4. The first-order valence-electron chi connectivity index (χ1n) is 6.32. The van der Waals surface area contributed by atoms with E-state index in [2.05, 4.69) is 20.8 Å². The van der Waals surface area contributed by atoms with Gasteiger partial charge in [-0.1, -0.05) is 28.8 Å². The molecule has 1 aromatic carbocycles. The molecule has 0 saturated carbocycles. The number of non-ortho nitro benzene ring substituents is 1. The summed E-state index contributed by atoms with van der Waals surface area (Å²) in [5.41, 5.74) is 1.18. The molecule has 5 heteroatoms. The van der Waals surface area contributed by atoms with Gasteiger partial charge in [0.25, 0.3) is 5.69 Å². The molecular formula is C13H17BrN2O2. The van der Waals surface area contributed by atoms with Crippen molar-refractivity contribution < 1.29 is 4.92 Å². The van der Waals surface area contributed by atoms with Crippen LogP contribution in [0.5, 0.6) is 0 Å². The van der Waals surface area contributed by atoms with E-state index in [1.165, 1.54) is 31.7 Å². The van der Waals surface area contributed by atoms with Crippen LogP contribution in [0.3, 0.4) is 0 Å². The van der Waals surface area contributed by atoms with Gasteiger partial charge in [-0.3, -0.25) is 15.0 Å². The molecular weight excluding hydrogens is 296 g/mol. The van der Waals surface area contributed by atoms with Crippen LogP contribution < -0.4 is 0 Å². The summed E-state index contributed by atoms with van der Waals surface area (Å²) < 4.78 is 0.956. The van der Waals surface area contributed by atoms with E-state index in [0.29, 0.717) is 0 Å². The molecule has 0 spiro atoms. The van der Waals surface area contributed by atoms with Crippen LogP contribution in [0, 0.1) is 10.1 Å². The van der Waals surface area contributed by atoms with Crippen LogP contribution >= 0.6 is 15.9 Å². The van der Waals surface area contributed by atoms with E-state index in [9.17, 15) is 10.1 Å². The van der Waals surface area contributed by atoms with Gasteiger partial charge < -0.3 is 0 Å². The zero-order valence-electron chi connectivity index (χ0n) is 10.3. The third-order valence-corrected chi connectivity index (χ3v) is 4.11. The fourth-order valence-corrected chi connectivity index (χ4v) is 2.70. The first-order chi connectivity index (χ1) is 8.66. The van der Waals surface area contributed by atoms with Crippen LogP contribution in [0.15, 0.2) is 22.7 Å². The molecule has 98 valence electrons. The first kappa shape index (κ1) is 13.5. The Morgan fingerprint density at radius 3 is 2.50 bits per heavy atom. The van der Waals surface area contributed by atoms with Crippen molar-refractivity contribution in [1.82, 2.24) is 4.90 Å². The molecule has 1 saturated heterocycles. The molecule has 1 aliphatic rings. The number of nitro groups is 1. The molecule has 1 heterocycles. The van der Waals surface area contributed by atoms with Crippen LogP contribution in [-0.2, 0) is 6.54 Å². The van der Waals surface area contributed by atoms with Gasteiger partial charge in [0, 0.05) is 23.2 Å². The Bertz CT molecular complexity index is 429. The van der Waals surface area contributed by atoms with E-state index in [-0.39, 0.29) is 10.6 Å². The van der Waals surface area contributed by atoms with Crippen molar-refractivity contribution in [1.29, 1.82) is 0 Å². The van der Waals surface area contributed by atoms with E-state index < -0.39 is 0 Å². The largest absolute Gasteiger partial charge is 0.299 e. The summed E-state index contributed by atoms with van der Waals surface area (Å²) in [5, 5.41) is 10.8. The standard InChI is InChI=1S/C13H17BrN2O2/c14-13-6-5-12(16(17)18)9-11(13)10-15-7-3-1-2-4-8-15/h5-6,9H,1-4,7-8,10H2. The third kappa shape index (κ3) is 3.53. The molecule has 0 atom stereocenters. The Labute approximate surface area is 115 Å². The minimum atomic E-state index is -0.335. The number of hydrogen-bond acceptors (Lipinski definition) is 3. The molecule has 0 bridgehead atoms. The van der Waals surface area contributed by atoms with Crippen molar-refractivity contribution in [2.45, 2.75) is 32.2 Å².